The molecule has 1 amide bonds. The maximum absolute atomic E-state index is 13.3. The number of ketones is 1. The third-order valence-corrected chi connectivity index (χ3v) is 5.97. The van der Waals surface area contributed by atoms with E-state index in [2.05, 4.69) is 6.92 Å². The van der Waals surface area contributed by atoms with Crippen LogP contribution in [0, 0.1) is 13.8 Å². The van der Waals surface area contributed by atoms with Gasteiger partial charge in [-0.1, -0.05) is 38.0 Å². The summed E-state index contributed by atoms with van der Waals surface area (Å²) in [7, 11) is 1.53. The monoisotopic (exact) mass is 465 g/mol. The van der Waals surface area contributed by atoms with Gasteiger partial charge in [0.15, 0.2) is 0 Å². The number of carbonyl (C=O) groups is 2. The van der Waals surface area contributed by atoms with Crippen LogP contribution in [0.2, 0.25) is 0 Å². The maximum Gasteiger partial charge on any atom is 0.295 e. The number of methoxy groups -OCH3 is 1. The maximum atomic E-state index is 13.3. The van der Waals surface area contributed by atoms with Gasteiger partial charge in [-0.15, -0.1) is 0 Å². The first-order valence-corrected chi connectivity index (χ1v) is 11.9. The van der Waals surface area contributed by atoms with Gasteiger partial charge in [0.25, 0.3) is 11.7 Å². The minimum Gasteiger partial charge on any atom is -0.507 e. The zero-order valence-electron chi connectivity index (χ0n) is 21.0. The molecule has 1 aliphatic heterocycles. The molecule has 2 aromatic rings. The lowest BCUT2D eigenvalue weighted by Crippen LogP contribution is -2.30. The third-order valence-electron chi connectivity index (χ3n) is 5.97. The zero-order valence-corrected chi connectivity index (χ0v) is 21.0. The van der Waals surface area contributed by atoms with Gasteiger partial charge in [0.05, 0.1) is 30.4 Å². The normalized spacial score (nSPS) is 17.5. The molecule has 6 heteroatoms. The lowest BCUT2D eigenvalue weighted by atomic mass is 9.93. The number of aliphatic hydroxyl groups is 1. The van der Waals surface area contributed by atoms with Crippen LogP contribution in [0.1, 0.15) is 68.3 Å². The molecule has 1 unspecified atom stereocenters. The van der Waals surface area contributed by atoms with E-state index in [1.54, 1.807) is 11.0 Å². The van der Waals surface area contributed by atoms with Crippen molar-refractivity contribution in [2.45, 2.75) is 66.0 Å². The van der Waals surface area contributed by atoms with E-state index in [1.807, 2.05) is 58.0 Å². The van der Waals surface area contributed by atoms with E-state index >= 15 is 0 Å². The summed E-state index contributed by atoms with van der Waals surface area (Å²) in [5.41, 5.74) is 2.96. The van der Waals surface area contributed by atoms with Crippen molar-refractivity contribution < 1.29 is 24.2 Å². The van der Waals surface area contributed by atoms with Gasteiger partial charge in [-0.2, -0.15) is 0 Å². The number of ether oxygens (including phenoxy) is 2. The van der Waals surface area contributed by atoms with Gasteiger partial charge >= 0.3 is 0 Å². The number of rotatable bonds is 9. The summed E-state index contributed by atoms with van der Waals surface area (Å²) in [6, 6.07) is 10.4. The number of likely N-dealkylation sites (tertiary alicyclic amines) is 1. The van der Waals surface area contributed by atoms with Crippen LogP contribution in [0.25, 0.3) is 5.76 Å². The Labute approximate surface area is 202 Å². The average Bonchev–Trinajstić information content (AvgIpc) is 3.03. The molecule has 1 atom stereocenters. The number of nitrogens with zero attached hydrogens (tertiary/aromatic N) is 1. The second-order valence-corrected chi connectivity index (χ2v) is 9.10. The molecule has 1 N–H and O–H groups in total. The summed E-state index contributed by atoms with van der Waals surface area (Å²) in [5.74, 6) is -0.372. The van der Waals surface area contributed by atoms with E-state index < -0.39 is 17.7 Å². The quantitative estimate of drug-likeness (QED) is 0.222. The predicted molar refractivity (Wildman–Crippen MR) is 133 cm³/mol. The van der Waals surface area contributed by atoms with Crippen molar-refractivity contribution in [1.82, 2.24) is 4.90 Å². The molecule has 0 bridgehead atoms. The van der Waals surface area contributed by atoms with Crippen molar-refractivity contribution in [3.05, 3.63) is 64.2 Å². The van der Waals surface area contributed by atoms with E-state index in [0.717, 1.165) is 36.0 Å². The van der Waals surface area contributed by atoms with E-state index in [4.69, 9.17) is 9.47 Å². The van der Waals surface area contributed by atoms with Crippen LogP contribution in [0.3, 0.4) is 0 Å². The minimum atomic E-state index is -0.710. The Bertz CT molecular complexity index is 1100. The van der Waals surface area contributed by atoms with Crippen molar-refractivity contribution in [2.24, 2.45) is 0 Å². The van der Waals surface area contributed by atoms with E-state index in [0.29, 0.717) is 23.6 Å². The van der Waals surface area contributed by atoms with E-state index in [9.17, 15) is 14.7 Å². The number of hydrogen-bond donors (Lipinski definition) is 1. The second kappa shape index (κ2) is 10.8. The van der Waals surface area contributed by atoms with Gasteiger partial charge in [-0.25, -0.2) is 0 Å². The molecule has 0 aromatic heterocycles. The number of Topliss-reactive ketones (excluding diaryl/α,β-unsaturated/α-hetero) is 1. The zero-order chi connectivity index (χ0) is 25.0. The van der Waals surface area contributed by atoms with Crippen molar-refractivity contribution in [3.63, 3.8) is 0 Å². The molecule has 34 heavy (non-hydrogen) atoms. The molecule has 1 heterocycles. The number of aryl methyl sites for hydroxylation is 2. The topological polar surface area (TPSA) is 76.1 Å². The molecule has 1 saturated heterocycles. The molecular weight excluding hydrogens is 430 g/mol. The minimum absolute atomic E-state index is 0.0225. The number of unbranched alkanes of at least 4 members (excludes halogenated alkanes) is 2. The number of hydrogen-bond acceptors (Lipinski definition) is 5. The Morgan fingerprint density at radius 3 is 2.50 bits per heavy atom. The Kier molecular flexibility index (Phi) is 8.02. The molecule has 0 radical (unpaired) electrons. The highest BCUT2D eigenvalue weighted by Gasteiger charge is 2.46. The molecule has 1 fully saturated rings. The number of carbonyl (C=O) groups excluding carboxylic acids is 2. The van der Waals surface area contributed by atoms with Crippen molar-refractivity contribution in [1.29, 1.82) is 0 Å². The van der Waals surface area contributed by atoms with Crippen LogP contribution in [0.4, 0.5) is 0 Å². The second-order valence-electron chi connectivity index (χ2n) is 9.10. The van der Waals surface area contributed by atoms with Gasteiger partial charge < -0.3 is 19.5 Å². The highest BCUT2D eigenvalue weighted by Crippen LogP contribution is 2.42. The first kappa shape index (κ1) is 25.3. The van der Waals surface area contributed by atoms with Crippen LogP contribution < -0.4 is 9.47 Å². The smallest absolute Gasteiger partial charge is 0.295 e. The van der Waals surface area contributed by atoms with Crippen LogP contribution in [0.5, 0.6) is 11.5 Å². The standard InChI is InChI=1S/C28H35NO5/c1-7-8-9-13-29-24(20-11-10-12-21(16-20)34-17(2)3)23(26(31)28(29)32)25(30)22-15-18(4)14-19(5)27(22)33-6/h10-12,14-17,24,30H,7-9,13H2,1-6H3/b25-23+. The van der Waals surface area contributed by atoms with E-state index in [1.165, 1.54) is 7.11 Å². The number of amides is 1. The highest BCUT2D eigenvalue weighted by atomic mass is 16.5. The SMILES string of the molecule is CCCCCN1C(=O)C(=O)/C(=C(/O)c2cc(C)cc(C)c2OC)C1c1cccc(OC(C)C)c1. The summed E-state index contributed by atoms with van der Waals surface area (Å²) in [6.07, 6.45) is 2.68. The fourth-order valence-electron chi connectivity index (χ4n) is 4.57. The molecule has 6 nitrogen and oxygen atoms in total. The van der Waals surface area contributed by atoms with Gasteiger partial charge in [-0.05, 0) is 69.0 Å². The first-order valence-electron chi connectivity index (χ1n) is 11.9. The molecule has 2 aromatic carbocycles. The largest absolute Gasteiger partial charge is 0.507 e. The predicted octanol–water partition coefficient (Wildman–Crippen LogP) is 5.71. The summed E-state index contributed by atoms with van der Waals surface area (Å²) in [5, 5.41) is 11.5. The van der Waals surface area contributed by atoms with Gasteiger partial charge in [0.2, 0.25) is 0 Å². The summed E-state index contributed by atoms with van der Waals surface area (Å²) < 4.78 is 11.4. The van der Waals surface area contributed by atoms with Crippen molar-refractivity contribution in [3.8, 4) is 11.5 Å². The van der Waals surface area contributed by atoms with Crippen LogP contribution in [-0.4, -0.2) is 41.5 Å². The lowest BCUT2D eigenvalue weighted by Gasteiger charge is -2.26. The molecule has 1 aliphatic rings. The Balaban J connectivity index is 2.22. The molecular formula is C28H35NO5. The fourth-order valence-corrected chi connectivity index (χ4v) is 4.57. The fraction of sp³-hybridized carbons (Fsp3) is 0.429. The molecule has 0 saturated carbocycles. The molecule has 3 rings (SSSR count). The van der Waals surface area contributed by atoms with Crippen LogP contribution in [-0.2, 0) is 9.59 Å². The third kappa shape index (κ3) is 5.11. The van der Waals surface area contributed by atoms with Crippen LogP contribution in [0.15, 0.2) is 42.0 Å². The summed E-state index contributed by atoms with van der Waals surface area (Å²) >= 11 is 0. The summed E-state index contributed by atoms with van der Waals surface area (Å²) in [4.78, 5) is 28.0. The number of benzene rings is 2. The molecule has 0 aliphatic carbocycles. The Hall–Kier alpha value is -3.28. The Morgan fingerprint density at radius 1 is 1.12 bits per heavy atom. The summed E-state index contributed by atoms with van der Waals surface area (Å²) in [6.45, 7) is 10.2. The average molecular weight is 466 g/mol. The van der Waals surface area contributed by atoms with Gasteiger partial charge in [0.1, 0.15) is 17.3 Å². The van der Waals surface area contributed by atoms with E-state index in [-0.39, 0.29) is 17.4 Å². The first-order chi connectivity index (χ1) is 16.2. The highest BCUT2D eigenvalue weighted by molar-refractivity contribution is 6.46. The Morgan fingerprint density at radius 2 is 1.85 bits per heavy atom. The van der Waals surface area contributed by atoms with Gasteiger partial charge in [-0.3, -0.25) is 9.59 Å². The molecule has 0 spiro atoms. The van der Waals surface area contributed by atoms with Gasteiger partial charge in [0, 0.05) is 6.54 Å². The lowest BCUT2D eigenvalue weighted by molar-refractivity contribution is -0.139. The van der Waals surface area contributed by atoms with Crippen molar-refractivity contribution >= 4 is 17.4 Å². The molecule has 182 valence electrons. The van der Waals surface area contributed by atoms with Crippen LogP contribution >= 0.6 is 0 Å². The number of aliphatic hydroxyl groups excluding tert-OH is 1. The van der Waals surface area contributed by atoms with Crippen molar-refractivity contribution in [2.75, 3.05) is 13.7 Å².